The van der Waals surface area contributed by atoms with Crippen LogP contribution in [0, 0.1) is 0 Å². The third-order valence-corrected chi connectivity index (χ3v) is 7.01. The number of carbonyl (C=O) groups excluding carboxylic acids is 2. The first-order chi connectivity index (χ1) is 16.7. The fourth-order valence-electron chi connectivity index (χ4n) is 4.51. The average Bonchev–Trinajstić information content (AvgIpc) is 3.09. The first-order valence-corrected chi connectivity index (χ1v) is 12.6. The Labute approximate surface area is 210 Å². The van der Waals surface area contributed by atoms with E-state index in [1.807, 2.05) is 67.0 Å². The van der Waals surface area contributed by atoms with E-state index in [2.05, 4.69) is 22.9 Å². The highest BCUT2D eigenvalue weighted by Crippen LogP contribution is 2.32. The molecular formula is C27H32N4O3S. The van der Waals surface area contributed by atoms with Crippen LogP contribution in [-0.2, 0) is 4.74 Å². The van der Waals surface area contributed by atoms with E-state index in [0.717, 1.165) is 34.0 Å². The molecule has 1 N–H and O–H groups in total. The fraction of sp³-hybridized carbons (Fsp3) is 0.370. The number of pyridine rings is 1. The van der Waals surface area contributed by atoms with Gasteiger partial charge in [-0.15, -0.1) is 0 Å². The summed E-state index contributed by atoms with van der Waals surface area (Å²) in [7, 11) is 0. The van der Waals surface area contributed by atoms with Crippen LogP contribution < -0.4 is 15.3 Å². The summed E-state index contributed by atoms with van der Waals surface area (Å²) in [6.07, 6.45) is 4.98. The van der Waals surface area contributed by atoms with E-state index in [-0.39, 0.29) is 24.1 Å². The Balaban J connectivity index is 1.39. The molecule has 2 atom stereocenters. The lowest BCUT2D eigenvalue weighted by molar-refractivity contribution is -0.00335. The average molecular weight is 493 g/mol. The van der Waals surface area contributed by atoms with E-state index in [1.54, 1.807) is 12.3 Å². The van der Waals surface area contributed by atoms with Crippen molar-refractivity contribution >= 4 is 41.1 Å². The number of likely N-dealkylation sites (tertiary alicyclic amines) is 1. The maximum atomic E-state index is 13.2. The number of nitrogens with one attached hydrogen (secondary N) is 1. The van der Waals surface area contributed by atoms with Crippen LogP contribution in [-0.4, -0.2) is 57.6 Å². The monoisotopic (exact) mass is 492 g/mol. The van der Waals surface area contributed by atoms with Crippen molar-refractivity contribution in [3.05, 3.63) is 71.4 Å². The van der Waals surface area contributed by atoms with E-state index in [0.29, 0.717) is 18.7 Å². The second-order valence-corrected chi connectivity index (χ2v) is 10.7. The van der Waals surface area contributed by atoms with Crippen LogP contribution in [0.1, 0.15) is 44.0 Å². The number of benzene rings is 1. The molecule has 0 aliphatic carbocycles. The van der Waals surface area contributed by atoms with Gasteiger partial charge in [-0.05, 0) is 81.1 Å². The summed E-state index contributed by atoms with van der Waals surface area (Å²) in [4.78, 5) is 34.8. The Morgan fingerprint density at radius 1 is 1.14 bits per heavy atom. The topological polar surface area (TPSA) is 74.8 Å². The number of ether oxygens (including phenoxy) is 1. The Kier molecular flexibility index (Phi) is 7.21. The molecule has 1 aromatic carbocycles. The van der Waals surface area contributed by atoms with Gasteiger partial charge in [0.15, 0.2) is 0 Å². The van der Waals surface area contributed by atoms with Crippen molar-refractivity contribution in [1.82, 2.24) is 14.8 Å². The number of nitrogens with zero attached hydrogens (tertiary/aromatic N) is 3. The van der Waals surface area contributed by atoms with Crippen molar-refractivity contribution in [2.45, 2.75) is 51.3 Å². The largest absolute Gasteiger partial charge is 0.444 e. The molecular weight excluding hydrogens is 460 g/mol. The molecule has 184 valence electrons. The summed E-state index contributed by atoms with van der Waals surface area (Å²) in [5.41, 5.74) is 0.959. The lowest BCUT2D eigenvalue weighted by atomic mass is 10.1. The van der Waals surface area contributed by atoms with Gasteiger partial charge in [-0.1, -0.05) is 25.3 Å². The lowest BCUT2D eigenvalue weighted by Gasteiger charge is -2.41. The zero-order chi connectivity index (χ0) is 25.2. The summed E-state index contributed by atoms with van der Waals surface area (Å²) in [5.74, 6) is -0.0153. The van der Waals surface area contributed by atoms with E-state index >= 15 is 0 Å². The molecule has 7 nitrogen and oxygen atoms in total. The molecule has 2 bridgehead atoms. The van der Waals surface area contributed by atoms with Crippen LogP contribution in [0.4, 0.5) is 10.5 Å². The van der Waals surface area contributed by atoms with Crippen LogP contribution in [0.3, 0.4) is 0 Å². The number of carbonyl (C=O) groups is 2. The first-order valence-electron chi connectivity index (χ1n) is 11.8. The van der Waals surface area contributed by atoms with Gasteiger partial charge in [0, 0.05) is 30.5 Å². The second-order valence-electron chi connectivity index (χ2n) is 9.84. The van der Waals surface area contributed by atoms with Gasteiger partial charge in [0.1, 0.15) is 5.60 Å². The maximum Gasteiger partial charge on any atom is 0.410 e. The Bertz CT molecular complexity index is 1210. The molecule has 3 heterocycles. The molecule has 2 aliphatic rings. The Morgan fingerprint density at radius 3 is 2.37 bits per heavy atom. The van der Waals surface area contributed by atoms with Crippen molar-refractivity contribution in [2.24, 2.45) is 0 Å². The van der Waals surface area contributed by atoms with Crippen molar-refractivity contribution < 1.29 is 14.3 Å². The summed E-state index contributed by atoms with van der Waals surface area (Å²) in [6.45, 7) is 14.6. The van der Waals surface area contributed by atoms with E-state index in [1.165, 1.54) is 11.9 Å². The smallest absolute Gasteiger partial charge is 0.410 e. The van der Waals surface area contributed by atoms with Crippen LogP contribution in [0.25, 0.3) is 11.5 Å². The summed E-state index contributed by atoms with van der Waals surface area (Å²) in [6, 6.07) is 11.2. The zero-order valence-electron chi connectivity index (χ0n) is 20.5. The Morgan fingerprint density at radius 2 is 1.80 bits per heavy atom. The molecule has 0 spiro atoms. The lowest BCUT2D eigenvalue weighted by Crippen LogP contribution is -2.57. The highest BCUT2D eigenvalue weighted by atomic mass is 32.2. The van der Waals surface area contributed by atoms with Gasteiger partial charge in [0.2, 0.25) is 0 Å². The van der Waals surface area contributed by atoms with Gasteiger partial charge >= 0.3 is 6.09 Å². The number of rotatable bonds is 5. The molecule has 2 unspecified atom stereocenters. The molecule has 8 heteroatoms. The fourth-order valence-corrected chi connectivity index (χ4v) is 5.23. The van der Waals surface area contributed by atoms with Crippen molar-refractivity contribution in [3.63, 3.8) is 0 Å². The molecule has 35 heavy (non-hydrogen) atoms. The van der Waals surface area contributed by atoms with Gasteiger partial charge in [0.25, 0.3) is 5.91 Å². The zero-order valence-corrected chi connectivity index (χ0v) is 21.3. The van der Waals surface area contributed by atoms with Gasteiger partial charge in [-0.25, -0.2) is 4.79 Å². The highest BCUT2D eigenvalue weighted by Gasteiger charge is 2.45. The number of hydrogen-bond donors (Lipinski definition) is 1. The van der Waals surface area contributed by atoms with Crippen LogP contribution in [0.15, 0.2) is 55.3 Å². The number of amides is 2. The van der Waals surface area contributed by atoms with Crippen molar-refractivity contribution in [3.8, 4) is 0 Å². The number of anilines is 1. The summed E-state index contributed by atoms with van der Waals surface area (Å²) >= 11 is 1.40. The third-order valence-electron chi connectivity index (χ3n) is 6.09. The number of aromatic nitrogens is 1. The maximum absolute atomic E-state index is 13.2. The molecule has 2 saturated heterocycles. The molecule has 2 aliphatic heterocycles. The standard InChI is InChI=1S/C27H32N4O3S/c1-6-23(24-18(2)8-7-15-28-24)35-29-20-11-9-19(10-12-20)25(32)30-16-21-13-14-22(17-30)31(21)26(33)34-27(3,4)5/h6-12,15,21-22,29H,1-2,13-14,16-17H2,3-5H3/b24-23-. The number of fused-ring (bicyclic) bond motifs is 2. The van der Waals surface area contributed by atoms with Gasteiger partial charge < -0.3 is 14.4 Å². The first kappa shape index (κ1) is 24.9. The minimum Gasteiger partial charge on any atom is -0.444 e. The summed E-state index contributed by atoms with van der Waals surface area (Å²) < 4.78 is 8.88. The summed E-state index contributed by atoms with van der Waals surface area (Å²) in [5, 5.41) is 1.62. The predicted molar refractivity (Wildman–Crippen MR) is 141 cm³/mol. The minimum atomic E-state index is -0.533. The van der Waals surface area contributed by atoms with Crippen LogP contribution in [0.5, 0.6) is 0 Å². The second kappa shape index (κ2) is 10.2. The Hall–Kier alpha value is -3.26. The molecule has 4 rings (SSSR count). The van der Waals surface area contributed by atoms with Crippen molar-refractivity contribution in [2.75, 3.05) is 17.8 Å². The van der Waals surface area contributed by atoms with Gasteiger partial charge in [0.05, 0.1) is 22.3 Å². The van der Waals surface area contributed by atoms with Crippen LogP contribution in [0.2, 0.25) is 0 Å². The molecule has 2 fully saturated rings. The highest BCUT2D eigenvalue weighted by molar-refractivity contribution is 8.09. The van der Waals surface area contributed by atoms with E-state index in [9.17, 15) is 9.59 Å². The molecule has 2 aromatic rings. The van der Waals surface area contributed by atoms with E-state index in [4.69, 9.17) is 4.74 Å². The molecule has 0 radical (unpaired) electrons. The van der Waals surface area contributed by atoms with E-state index < -0.39 is 5.60 Å². The predicted octanol–water partition coefficient (Wildman–Crippen LogP) is 3.77. The van der Waals surface area contributed by atoms with Gasteiger partial charge in [-0.3, -0.25) is 14.7 Å². The normalized spacial score (nSPS) is 20.3. The molecule has 1 aromatic heterocycles. The van der Waals surface area contributed by atoms with Crippen molar-refractivity contribution in [1.29, 1.82) is 0 Å². The molecule has 2 amide bonds. The number of hydrogen-bond acceptors (Lipinski definition) is 6. The molecule has 0 saturated carbocycles. The quantitative estimate of drug-likeness (QED) is 0.641. The third kappa shape index (κ3) is 5.70. The number of piperazine rings is 1. The van der Waals surface area contributed by atoms with Gasteiger partial charge in [-0.2, -0.15) is 0 Å². The minimum absolute atomic E-state index is 0.00212. The van der Waals surface area contributed by atoms with Crippen LogP contribution >= 0.6 is 11.9 Å². The SMILES string of the molecule is C=C/C(SNc1ccc(C(=O)N2CC3CCC(C2)N3C(=O)OC(C)(C)C)cc1)=c1/ncccc1=C.